The summed E-state index contributed by atoms with van der Waals surface area (Å²) in [4.78, 5) is 15.5. The van der Waals surface area contributed by atoms with Crippen molar-refractivity contribution in [2.75, 3.05) is 0 Å². The lowest BCUT2D eigenvalue weighted by Crippen LogP contribution is -2.06. The van der Waals surface area contributed by atoms with E-state index in [1.54, 1.807) is 0 Å². The minimum atomic E-state index is 0.571. The smallest absolute Gasteiger partial charge is 0.238 e. The molecule has 0 spiro atoms. The lowest BCUT2D eigenvalue weighted by atomic mass is 9.98. The molecule has 0 fully saturated rings. The van der Waals surface area contributed by atoms with Gasteiger partial charge < -0.3 is 4.42 Å². The van der Waals surface area contributed by atoms with Gasteiger partial charge in [0.1, 0.15) is 11.2 Å². The minimum absolute atomic E-state index is 0.571. The zero-order valence-electron chi connectivity index (χ0n) is 24.6. The second kappa shape index (κ2) is 9.58. The highest BCUT2D eigenvalue weighted by Gasteiger charge is 2.25. The van der Waals surface area contributed by atoms with Gasteiger partial charge in [-0.3, -0.25) is 4.57 Å². The van der Waals surface area contributed by atoms with Gasteiger partial charge in [0, 0.05) is 48.8 Å². The first-order valence-electron chi connectivity index (χ1n) is 15.4. The monoisotopic (exact) mass is 588 g/mol. The summed E-state index contributed by atoms with van der Waals surface area (Å²) in [5, 5.41) is 8.85. The van der Waals surface area contributed by atoms with Crippen molar-refractivity contribution in [2.45, 2.75) is 0 Å². The third kappa shape index (κ3) is 3.54. The number of nitrogens with zero attached hydrogens (tertiary/aromatic N) is 4. The highest BCUT2D eigenvalue weighted by Crippen LogP contribution is 2.47. The molecule has 5 nitrogen and oxygen atoms in total. The fourth-order valence-electron chi connectivity index (χ4n) is 7.03. The van der Waals surface area contributed by atoms with Gasteiger partial charge in [-0.1, -0.05) is 140 Å². The molecule has 0 N–H and O–H groups in total. The molecule has 3 heterocycles. The molecule has 10 aromatic rings. The number of para-hydroxylation sites is 1. The van der Waals surface area contributed by atoms with Gasteiger partial charge in [-0.05, 0) is 11.5 Å². The van der Waals surface area contributed by atoms with Crippen LogP contribution in [0.1, 0.15) is 0 Å². The van der Waals surface area contributed by atoms with Crippen molar-refractivity contribution in [3.63, 3.8) is 0 Å². The van der Waals surface area contributed by atoms with Gasteiger partial charge in [-0.25, -0.2) is 4.98 Å². The fraction of sp³-hybridized carbons (Fsp3) is 0. The number of rotatable bonds is 3. The molecule has 46 heavy (non-hydrogen) atoms. The molecule has 7 aromatic carbocycles. The number of furan rings is 1. The molecule has 0 aliphatic carbocycles. The summed E-state index contributed by atoms with van der Waals surface area (Å²) in [5.41, 5.74) is 5.73. The van der Waals surface area contributed by atoms with Crippen LogP contribution in [0.25, 0.3) is 94.0 Å². The zero-order chi connectivity index (χ0) is 30.2. The number of aromatic nitrogens is 4. The summed E-state index contributed by atoms with van der Waals surface area (Å²) in [5.74, 6) is 1.82. The van der Waals surface area contributed by atoms with E-state index in [9.17, 15) is 0 Å². The molecular formula is C41H24N4O. The number of benzene rings is 7. The van der Waals surface area contributed by atoms with E-state index in [0.717, 1.165) is 76.4 Å². The lowest BCUT2D eigenvalue weighted by molar-refractivity contribution is 0.673. The van der Waals surface area contributed by atoms with Crippen LogP contribution >= 0.6 is 0 Å². The van der Waals surface area contributed by atoms with Crippen LogP contribution in [0.2, 0.25) is 0 Å². The van der Waals surface area contributed by atoms with Gasteiger partial charge in [-0.15, -0.1) is 0 Å². The Morgan fingerprint density at radius 2 is 1.00 bits per heavy atom. The largest absolute Gasteiger partial charge is 0.455 e. The number of fused-ring (bicyclic) bond motifs is 12. The van der Waals surface area contributed by atoms with E-state index in [4.69, 9.17) is 19.4 Å². The van der Waals surface area contributed by atoms with E-state index < -0.39 is 0 Å². The standard InChI is InChI=1S/C41H24N4O/c1-3-14-26(15-4-1)39-42-40(27-16-5-2-6-17-27)44-41(43-39)45-36-28-18-8-7-13-25(28)23-24-32(36)34-35-31-21-11-12-22-33(31)46-38(35)30-20-10-9-19-29(30)37(34)45/h1-24H. The van der Waals surface area contributed by atoms with E-state index in [1.807, 2.05) is 66.7 Å². The first-order valence-corrected chi connectivity index (χ1v) is 15.4. The molecule has 0 bridgehead atoms. The van der Waals surface area contributed by atoms with Gasteiger partial charge in [-0.2, -0.15) is 9.97 Å². The van der Waals surface area contributed by atoms with E-state index in [2.05, 4.69) is 83.4 Å². The summed E-state index contributed by atoms with van der Waals surface area (Å²) in [6.07, 6.45) is 0. The average Bonchev–Trinajstić information content (AvgIpc) is 3.69. The Labute approximate surface area is 263 Å². The molecule has 10 rings (SSSR count). The van der Waals surface area contributed by atoms with Gasteiger partial charge in [0.05, 0.1) is 11.0 Å². The fourth-order valence-corrected chi connectivity index (χ4v) is 7.03. The predicted octanol–water partition coefficient (Wildman–Crippen LogP) is 10.5. The maximum atomic E-state index is 6.63. The Morgan fingerprint density at radius 1 is 0.413 bits per heavy atom. The lowest BCUT2D eigenvalue weighted by Gasteiger charge is -2.13. The molecule has 3 aromatic heterocycles. The third-order valence-electron chi connectivity index (χ3n) is 9.01. The van der Waals surface area contributed by atoms with E-state index in [-0.39, 0.29) is 0 Å². The summed E-state index contributed by atoms with van der Waals surface area (Å²) in [6.45, 7) is 0. The molecule has 0 aliphatic heterocycles. The summed E-state index contributed by atoms with van der Waals surface area (Å²) >= 11 is 0. The summed E-state index contributed by atoms with van der Waals surface area (Å²) in [7, 11) is 0. The van der Waals surface area contributed by atoms with Crippen molar-refractivity contribution in [2.24, 2.45) is 0 Å². The Hall–Kier alpha value is -6.33. The van der Waals surface area contributed by atoms with Crippen LogP contribution in [0.5, 0.6) is 0 Å². The molecular weight excluding hydrogens is 564 g/mol. The van der Waals surface area contributed by atoms with Crippen LogP contribution in [-0.2, 0) is 0 Å². The zero-order valence-corrected chi connectivity index (χ0v) is 24.6. The first kappa shape index (κ1) is 25.0. The van der Waals surface area contributed by atoms with Crippen molar-refractivity contribution in [1.29, 1.82) is 0 Å². The average molecular weight is 589 g/mol. The van der Waals surface area contributed by atoms with Crippen molar-refractivity contribution in [1.82, 2.24) is 19.5 Å². The molecule has 0 atom stereocenters. The third-order valence-corrected chi connectivity index (χ3v) is 9.01. The van der Waals surface area contributed by atoms with Crippen LogP contribution < -0.4 is 0 Å². The van der Waals surface area contributed by atoms with Gasteiger partial charge in [0.25, 0.3) is 0 Å². The van der Waals surface area contributed by atoms with Crippen LogP contribution in [0.4, 0.5) is 0 Å². The van der Waals surface area contributed by atoms with Crippen LogP contribution in [0.15, 0.2) is 150 Å². The summed E-state index contributed by atoms with van der Waals surface area (Å²) < 4.78 is 8.89. The SMILES string of the molecule is c1ccc(-c2nc(-c3ccccc3)nc(-n3c4c5ccccc5ccc4c4c5c6ccccc6oc5c5ccccc5c43)n2)cc1. The highest BCUT2D eigenvalue weighted by atomic mass is 16.3. The normalized spacial score (nSPS) is 11.9. The minimum Gasteiger partial charge on any atom is -0.455 e. The van der Waals surface area contributed by atoms with Crippen molar-refractivity contribution >= 4 is 65.3 Å². The Morgan fingerprint density at radius 3 is 1.72 bits per heavy atom. The van der Waals surface area contributed by atoms with E-state index in [0.29, 0.717) is 17.6 Å². The summed E-state index contributed by atoms with van der Waals surface area (Å²) in [6, 6.07) is 50.1. The molecule has 5 heteroatoms. The second-order valence-electron chi connectivity index (χ2n) is 11.6. The quantitative estimate of drug-likeness (QED) is 0.206. The molecule has 0 unspecified atom stereocenters. The maximum absolute atomic E-state index is 6.63. The number of hydrogen-bond acceptors (Lipinski definition) is 4. The van der Waals surface area contributed by atoms with Crippen molar-refractivity contribution in [3.8, 4) is 28.7 Å². The Bertz CT molecular complexity index is 2740. The molecule has 0 saturated carbocycles. The van der Waals surface area contributed by atoms with Gasteiger partial charge in [0.15, 0.2) is 11.6 Å². The molecule has 214 valence electrons. The molecule has 0 saturated heterocycles. The van der Waals surface area contributed by atoms with Crippen molar-refractivity contribution < 1.29 is 4.42 Å². The topological polar surface area (TPSA) is 56.7 Å². The van der Waals surface area contributed by atoms with E-state index in [1.165, 1.54) is 0 Å². The Balaban J connectivity index is 1.47. The number of hydrogen-bond donors (Lipinski definition) is 0. The maximum Gasteiger partial charge on any atom is 0.238 e. The predicted molar refractivity (Wildman–Crippen MR) is 187 cm³/mol. The first-order chi connectivity index (χ1) is 22.8. The van der Waals surface area contributed by atoms with Crippen LogP contribution in [-0.4, -0.2) is 19.5 Å². The Kier molecular flexibility index (Phi) is 5.22. The van der Waals surface area contributed by atoms with E-state index >= 15 is 0 Å². The van der Waals surface area contributed by atoms with Gasteiger partial charge in [0.2, 0.25) is 5.95 Å². The van der Waals surface area contributed by atoms with Crippen LogP contribution in [0, 0.1) is 0 Å². The molecule has 0 aliphatic rings. The highest BCUT2D eigenvalue weighted by molar-refractivity contribution is 6.37. The second-order valence-corrected chi connectivity index (χ2v) is 11.6. The van der Waals surface area contributed by atoms with Crippen molar-refractivity contribution in [3.05, 3.63) is 146 Å². The molecule has 0 radical (unpaired) electrons. The van der Waals surface area contributed by atoms with Crippen LogP contribution in [0.3, 0.4) is 0 Å². The molecule has 0 amide bonds. The van der Waals surface area contributed by atoms with Gasteiger partial charge >= 0.3 is 0 Å².